The molecule has 0 spiro atoms. The Balaban J connectivity index is 2.06. The highest BCUT2D eigenvalue weighted by Gasteiger charge is 2.06. The van der Waals surface area contributed by atoms with E-state index in [1.807, 2.05) is 4.57 Å². The molecule has 102 valence electrons. The van der Waals surface area contributed by atoms with E-state index in [2.05, 4.69) is 17.2 Å². The van der Waals surface area contributed by atoms with Crippen molar-refractivity contribution in [3.05, 3.63) is 53.6 Å². The van der Waals surface area contributed by atoms with Crippen LogP contribution in [-0.4, -0.2) is 16.1 Å². The first-order valence-corrected chi connectivity index (χ1v) is 6.34. The number of rotatable bonds is 6. The van der Waals surface area contributed by atoms with Crippen molar-refractivity contribution in [1.29, 1.82) is 0 Å². The summed E-state index contributed by atoms with van der Waals surface area (Å²) in [6.07, 6.45) is 4.55. The van der Waals surface area contributed by atoms with Crippen molar-refractivity contribution < 1.29 is 8.78 Å². The Bertz CT molecular complexity index is 537. The largest absolute Gasteiger partial charge is 0.329 e. The topological polar surface area (TPSA) is 29.9 Å². The summed E-state index contributed by atoms with van der Waals surface area (Å²) in [6.45, 7) is 4.25. The molecule has 2 rings (SSSR count). The smallest absolute Gasteiger partial charge is 0.159 e. The maximum Gasteiger partial charge on any atom is 0.159 e. The summed E-state index contributed by atoms with van der Waals surface area (Å²) in [5.74, 6) is -1.64. The number of hydrogen-bond acceptors (Lipinski definition) is 2. The molecule has 0 bridgehead atoms. The van der Waals surface area contributed by atoms with Crippen LogP contribution in [0.3, 0.4) is 0 Å². The molecule has 5 heteroatoms. The lowest BCUT2D eigenvalue weighted by molar-refractivity contribution is 0.506. The second kappa shape index (κ2) is 6.43. The van der Waals surface area contributed by atoms with Gasteiger partial charge >= 0.3 is 0 Å². The maximum absolute atomic E-state index is 13.1. The minimum absolute atomic E-state index is 0.486. The Hall–Kier alpha value is -1.75. The number of halogens is 2. The van der Waals surface area contributed by atoms with E-state index in [0.717, 1.165) is 31.3 Å². The van der Waals surface area contributed by atoms with E-state index < -0.39 is 11.6 Å². The molecule has 0 saturated heterocycles. The first kappa shape index (κ1) is 13.7. The van der Waals surface area contributed by atoms with Gasteiger partial charge in [0.05, 0.1) is 12.0 Å². The van der Waals surface area contributed by atoms with E-state index in [1.165, 1.54) is 6.07 Å². The van der Waals surface area contributed by atoms with Crippen LogP contribution in [0.15, 0.2) is 30.7 Å². The Morgan fingerprint density at radius 2 is 2.11 bits per heavy atom. The summed E-state index contributed by atoms with van der Waals surface area (Å²) in [6, 6.07) is 3.96. The average molecular weight is 265 g/mol. The number of benzene rings is 1. The van der Waals surface area contributed by atoms with E-state index in [4.69, 9.17) is 0 Å². The highest BCUT2D eigenvalue weighted by Crippen LogP contribution is 2.11. The van der Waals surface area contributed by atoms with E-state index in [1.54, 1.807) is 18.6 Å². The zero-order chi connectivity index (χ0) is 13.7. The summed E-state index contributed by atoms with van der Waals surface area (Å²) in [7, 11) is 0. The van der Waals surface area contributed by atoms with Crippen molar-refractivity contribution in [2.24, 2.45) is 0 Å². The minimum Gasteiger partial charge on any atom is -0.329 e. The number of nitrogens with one attached hydrogen (secondary N) is 1. The van der Waals surface area contributed by atoms with Gasteiger partial charge in [0.1, 0.15) is 0 Å². The van der Waals surface area contributed by atoms with Gasteiger partial charge in [-0.15, -0.1) is 0 Å². The first-order valence-electron chi connectivity index (χ1n) is 6.34. The molecular weight excluding hydrogens is 248 g/mol. The van der Waals surface area contributed by atoms with Crippen LogP contribution >= 0.6 is 0 Å². The molecule has 2 aromatic rings. The number of imidazole rings is 1. The first-order chi connectivity index (χ1) is 9.20. The van der Waals surface area contributed by atoms with Gasteiger partial charge in [-0.1, -0.05) is 13.0 Å². The van der Waals surface area contributed by atoms with E-state index in [-0.39, 0.29) is 0 Å². The van der Waals surface area contributed by atoms with E-state index >= 15 is 0 Å². The van der Waals surface area contributed by atoms with Crippen molar-refractivity contribution in [2.75, 3.05) is 6.54 Å². The summed E-state index contributed by atoms with van der Waals surface area (Å²) < 4.78 is 27.9. The van der Waals surface area contributed by atoms with Gasteiger partial charge in [-0.25, -0.2) is 13.8 Å². The lowest BCUT2D eigenvalue weighted by atomic mass is 10.2. The molecule has 0 aliphatic carbocycles. The van der Waals surface area contributed by atoms with Gasteiger partial charge in [-0.3, -0.25) is 0 Å². The molecule has 3 nitrogen and oxygen atoms in total. The SMILES string of the molecule is CCCNCc1cncn1Cc1ccc(F)c(F)c1. The monoisotopic (exact) mass is 265 g/mol. The number of hydrogen-bond donors (Lipinski definition) is 1. The number of nitrogens with zero attached hydrogens (tertiary/aromatic N) is 2. The molecule has 0 fully saturated rings. The molecule has 0 radical (unpaired) electrons. The van der Waals surface area contributed by atoms with Crippen LogP contribution in [0.25, 0.3) is 0 Å². The zero-order valence-electron chi connectivity index (χ0n) is 10.9. The van der Waals surface area contributed by atoms with Crippen LogP contribution in [0, 0.1) is 11.6 Å². The van der Waals surface area contributed by atoms with Gasteiger partial charge < -0.3 is 9.88 Å². The van der Waals surface area contributed by atoms with Gasteiger partial charge in [-0.05, 0) is 30.7 Å². The third-order valence-corrected chi connectivity index (χ3v) is 2.87. The molecule has 0 atom stereocenters. The van der Waals surface area contributed by atoms with Crippen LogP contribution in [0.4, 0.5) is 8.78 Å². The Morgan fingerprint density at radius 3 is 2.84 bits per heavy atom. The predicted octanol–water partition coefficient (Wildman–Crippen LogP) is 2.71. The van der Waals surface area contributed by atoms with Crippen molar-refractivity contribution in [1.82, 2.24) is 14.9 Å². The third-order valence-electron chi connectivity index (χ3n) is 2.87. The minimum atomic E-state index is -0.820. The maximum atomic E-state index is 13.1. The molecule has 0 unspecified atom stereocenters. The number of aromatic nitrogens is 2. The molecule has 0 aliphatic rings. The summed E-state index contributed by atoms with van der Waals surface area (Å²) in [4.78, 5) is 4.09. The Labute approximate surface area is 111 Å². The molecule has 1 heterocycles. The highest BCUT2D eigenvalue weighted by atomic mass is 19.2. The normalized spacial score (nSPS) is 10.9. The molecule has 1 aromatic heterocycles. The standard InChI is InChI=1S/C14H17F2N3/c1-2-5-17-7-12-8-18-10-19(12)9-11-3-4-13(15)14(16)6-11/h3-4,6,8,10,17H,2,5,7,9H2,1H3. The molecule has 0 amide bonds. The molecule has 0 aliphatic heterocycles. The molecule has 19 heavy (non-hydrogen) atoms. The lowest BCUT2D eigenvalue weighted by Gasteiger charge is -2.09. The van der Waals surface area contributed by atoms with Crippen LogP contribution < -0.4 is 5.32 Å². The lowest BCUT2D eigenvalue weighted by Crippen LogP contribution is -2.17. The summed E-state index contributed by atoms with van der Waals surface area (Å²) in [5, 5.41) is 3.29. The average Bonchev–Trinajstić information content (AvgIpc) is 2.82. The van der Waals surface area contributed by atoms with Gasteiger partial charge in [0.2, 0.25) is 0 Å². The molecule has 1 aromatic carbocycles. The fraction of sp³-hybridized carbons (Fsp3) is 0.357. The van der Waals surface area contributed by atoms with Crippen molar-refractivity contribution in [2.45, 2.75) is 26.4 Å². The fourth-order valence-corrected chi connectivity index (χ4v) is 1.87. The van der Waals surface area contributed by atoms with E-state index in [9.17, 15) is 8.78 Å². The molecule has 0 saturated carbocycles. The van der Waals surface area contributed by atoms with Crippen LogP contribution in [0.1, 0.15) is 24.6 Å². The summed E-state index contributed by atoms with van der Waals surface area (Å²) in [5.41, 5.74) is 1.74. The zero-order valence-corrected chi connectivity index (χ0v) is 10.9. The highest BCUT2D eigenvalue weighted by molar-refractivity contribution is 5.19. The quantitative estimate of drug-likeness (QED) is 0.814. The second-order valence-electron chi connectivity index (χ2n) is 4.44. The predicted molar refractivity (Wildman–Crippen MR) is 69.7 cm³/mol. The van der Waals surface area contributed by atoms with Crippen LogP contribution in [0.2, 0.25) is 0 Å². The van der Waals surface area contributed by atoms with Gasteiger partial charge in [-0.2, -0.15) is 0 Å². The Morgan fingerprint density at radius 1 is 1.26 bits per heavy atom. The third kappa shape index (κ3) is 3.61. The van der Waals surface area contributed by atoms with Gasteiger partial charge in [0, 0.05) is 19.3 Å². The van der Waals surface area contributed by atoms with Crippen LogP contribution in [-0.2, 0) is 13.1 Å². The van der Waals surface area contributed by atoms with Gasteiger partial charge in [0.25, 0.3) is 0 Å². The second-order valence-corrected chi connectivity index (χ2v) is 4.44. The Kier molecular flexibility index (Phi) is 4.63. The van der Waals surface area contributed by atoms with Crippen molar-refractivity contribution in [3.8, 4) is 0 Å². The van der Waals surface area contributed by atoms with Crippen molar-refractivity contribution >= 4 is 0 Å². The fourth-order valence-electron chi connectivity index (χ4n) is 1.87. The van der Waals surface area contributed by atoms with Crippen molar-refractivity contribution in [3.63, 3.8) is 0 Å². The van der Waals surface area contributed by atoms with Crippen LogP contribution in [0.5, 0.6) is 0 Å². The van der Waals surface area contributed by atoms with E-state index in [0.29, 0.717) is 12.1 Å². The van der Waals surface area contributed by atoms with Gasteiger partial charge in [0.15, 0.2) is 11.6 Å². The molecule has 1 N–H and O–H groups in total. The summed E-state index contributed by atoms with van der Waals surface area (Å²) >= 11 is 0. The molecular formula is C14H17F2N3.